The number of aliphatic imine (C=N–C) groups is 1. The number of sulfonamides is 1. The van der Waals surface area contributed by atoms with Crippen LogP contribution in [-0.4, -0.2) is 29.1 Å². The van der Waals surface area contributed by atoms with Crippen molar-refractivity contribution in [1.82, 2.24) is 9.36 Å². The average Bonchev–Trinajstić information content (AvgIpc) is 3.03. The maximum absolute atomic E-state index is 13.2. The van der Waals surface area contributed by atoms with E-state index in [0.717, 1.165) is 0 Å². The quantitative estimate of drug-likeness (QED) is 0.469. The molecule has 156 valence electrons. The van der Waals surface area contributed by atoms with Crippen molar-refractivity contribution in [1.29, 1.82) is 0 Å². The van der Waals surface area contributed by atoms with E-state index in [9.17, 15) is 18.3 Å². The molecule has 4 aromatic rings. The van der Waals surface area contributed by atoms with E-state index in [1.165, 1.54) is 39.8 Å². The summed E-state index contributed by atoms with van der Waals surface area (Å²) in [7, 11) is -3.81. The Morgan fingerprint density at radius 3 is 1.84 bits per heavy atom. The smallest absolute Gasteiger partial charge is 0.284 e. The molecule has 0 aliphatic carbocycles. The van der Waals surface area contributed by atoms with Gasteiger partial charge in [0.25, 0.3) is 5.56 Å². The lowest BCUT2D eigenvalue weighted by Crippen LogP contribution is -2.21. The summed E-state index contributed by atoms with van der Waals surface area (Å²) in [6, 6.07) is 23.5. The number of benzene rings is 3. The predicted molar refractivity (Wildman–Crippen MR) is 118 cm³/mol. The summed E-state index contributed by atoms with van der Waals surface area (Å²) in [6.45, 7) is 0. The van der Waals surface area contributed by atoms with Crippen LogP contribution in [0, 0.1) is 0 Å². The molecule has 0 unspecified atom stereocenters. The number of hydrogen-bond donors (Lipinski definition) is 2. The Morgan fingerprint density at radius 1 is 0.806 bits per heavy atom. The van der Waals surface area contributed by atoms with Crippen LogP contribution in [0.25, 0.3) is 11.4 Å². The van der Waals surface area contributed by atoms with Crippen LogP contribution >= 0.6 is 0 Å². The highest BCUT2D eigenvalue weighted by Gasteiger charge is 2.20. The van der Waals surface area contributed by atoms with E-state index in [-0.39, 0.29) is 16.3 Å². The Hall–Kier alpha value is -3.95. The van der Waals surface area contributed by atoms with Crippen molar-refractivity contribution in [2.24, 2.45) is 10.1 Å². The third kappa shape index (κ3) is 4.04. The number of nitrogens with two attached hydrogens (primary N) is 1. The molecular weight excluding hydrogens is 416 g/mol. The normalized spacial score (nSPS) is 11.8. The van der Waals surface area contributed by atoms with Crippen LogP contribution in [0.5, 0.6) is 5.88 Å². The zero-order valence-corrected chi connectivity index (χ0v) is 17.0. The van der Waals surface area contributed by atoms with Gasteiger partial charge in [0, 0.05) is 6.21 Å². The number of primary sulfonamides is 1. The Kier molecular flexibility index (Phi) is 5.28. The number of aromatic hydroxyl groups is 1. The summed E-state index contributed by atoms with van der Waals surface area (Å²) >= 11 is 0. The highest BCUT2D eigenvalue weighted by Crippen LogP contribution is 2.23. The fourth-order valence-electron chi connectivity index (χ4n) is 3.09. The van der Waals surface area contributed by atoms with Gasteiger partial charge in [0.05, 0.1) is 22.0 Å². The molecule has 0 bridgehead atoms. The van der Waals surface area contributed by atoms with Gasteiger partial charge >= 0.3 is 0 Å². The summed E-state index contributed by atoms with van der Waals surface area (Å²) in [5, 5.41) is 16.0. The molecule has 0 fully saturated rings. The van der Waals surface area contributed by atoms with Crippen molar-refractivity contribution in [3.63, 3.8) is 0 Å². The average molecular weight is 434 g/mol. The van der Waals surface area contributed by atoms with Gasteiger partial charge in [0.1, 0.15) is 5.56 Å². The molecule has 8 nitrogen and oxygen atoms in total. The molecule has 31 heavy (non-hydrogen) atoms. The van der Waals surface area contributed by atoms with Crippen LogP contribution < -0.4 is 10.7 Å². The maximum atomic E-state index is 13.2. The standard InChI is InChI=1S/C22H18N4O4S/c23-31(29,30)19-13-11-16(12-14-19)24-15-20-21(27)25(17-7-3-1-4-8-17)26(22(20)28)18-9-5-2-6-10-18/h1-15,27H,(H2,23,29,30). The van der Waals surface area contributed by atoms with Crippen molar-refractivity contribution in [3.8, 4) is 17.3 Å². The van der Waals surface area contributed by atoms with Gasteiger partial charge in [-0.15, -0.1) is 0 Å². The minimum Gasteiger partial charge on any atom is -0.493 e. The largest absolute Gasteiger partial charge is 0.493 e. The van der Waals surface area contributed by atoms with E-state index < -0.39 is 15.6 Å². The third-order valence-electron chi connectivity index (χ3n) is 4.57. The second kappa shape index (κ2) is 8.05. The van der Waals surface area contributed by atoms with Gasteiger partial charge in [-0.2, -0.15) is 0 Å². The second-order valence-corrected chi connectivity index (χ2v) is 8.20. The summed E-state index contributed by atoms with van der Waals surface area (Å²) in [6.07, 6.45) is 1.25. The van der Waals surface area contributed by atoms with Crippen molar-refractivity contribution >= 4 is 21.9 Å². The summed E-state index contributed by atoms with van der Waals surface area (Å²) in [5.74, 6) is -0.273. The van der Waals surface area contributed by atoms with Gasteiger partial charge in [-0.25, -0.2) is 22.9 Å². The molecule has 0 aliphatic heterocycles. The van der Waals surface area contributed by atoms with Gasteiger partial charge in [-0.1, -0.05) is 36.4 Å². The molecule has 3 aromatic carbocycles. The third-order valence-corrected chi connectivity index (χ3v) is 5.50. The van der Waals surface area contributed by atoms with E-state index in [0.29, 0.717) is 17.1 Å². The van der Waals surface area contributed by atoms with Gasteiger partial charge in [-0.3, -0.25) is 9.79 Å². The predicted octanol–water partition coefficient (Wildman–Crippen LogP) is 2.73. The Bertz CT molecular complexity index is 1410. The summed E-state index contributed by atoms with van der Waals surface area (Å²) < 4.78 is 25.5. The number of hydrogen-bond acceptors (Lipinski definition) is 5. The molecule has 0 amide bonds. The first-order valence-electron chi connectivity index (χ1n) is 9.21. The highest BCUT2D eigenvalue weighted by atomic mass is 32.2. The number of nitrogens with zero attached hydrogens (tertiary/aromatic N) is 3. The van der Waals surface area contributed by atoms with E-state index in [1.54, 1.807) is 48.5 Å². The van der Waals surface area contributed by atoms with Gasteiger partial charge in [-0.05, 0) is 48.5 Å². The highest BCUT2D eigenvalue weighted by molar-refractivity contribution is 7.89. The van der Waals surface area contributed by atoms with E-state index >= 15 is 0 Å². The SMILES string of the molecule is NS(=O)(=O)c1ccc(N=Cc2c(O)n(-c3ccccc3)n(-c3ccccc3)c2=O)cc1. The topological polar surface area (TPSA) is 120 Å². The fourth-order valence-corrected chi connectivity index (χ4v) is 3.61. The van der Waals surface area contributed by atoms with E-state index in [1.807, 2.05) is 12.1 Å². The lowest BCUT2D eigenvalue weighted by molar-refractivity contribution is 0.425. The lowest BCUT2D eigenvalue weighted by Gasteiger charge is -2.12. The Balaban J connectivity index is 1.83. The molecule has 9 heteroatoms. The Labute approximate surface area is 178 Å². The van der Waals surface area contributed by atoms with Crippen molar-refractivity contribution in [3.05, 3.63) is 101 Å². The summed E-state index contributed by atoms with van der Waals surface area (Å²) in [4.78, 5) is 17.4. The van der Waals surface area contributed by atoms with Gasteiger partial charge in [0.15, 0.2) is 0 Å². The van der Waals surface area contributed by atoms with E-state index in [2.05, 4.69) is 4.99 Å². The van der Waals surface area contributed by atoms with Crippen molar-refractivity contribution < 1.29 is 13.5 Å². The Morgan fingerprint density at radius 2 is 1.32 bits per heavy atom. The fraction of sp³-hybridized carbons (Fsp3) is 0. The van der Waals surface area contributed by atoms with Crippen LogP contribution in [0.15, 0.2) is 99.6 Å². The molecule has 1 aromatic heterocycles. The molecular formula is C22H18N4O4S. The molecule has 0 saturated heterocycles. The van der Waals surface area contributed by atoms with Crippen LogP contribution in [0.3, 0.4) is 0 Å². The molecule has 0 atom stereocenters. The summed E-state index contributed by atoms with van der Waals surface area (Å²) in [5.41, 5.74) is 1.09. The minimum atomic E-state index is -3.81. The van der Waals surface area contributed by atoms with E-state index in [4.69, 9.17) is 5.14 Å². The first-order chi connectivity index (χ1) is 14.9. The van der Waals surface area contributed by atoms with Gasteiger partial charge < -0.3 is 5.11 Å². The molecule has 0 spiro atoms. The second-order valence-electron chi connectivity index (χ2n) is 6.63. The molecule has 1 heterocycles. The first kappa shape index (κ1) is 20.3. The van der Waals surface area contributed by atoms with Crippen molar-refractivity contribution in [2.45, 2.75) is 4.90 Å². The molecule has 4 rings (SSSR count). The van der Waals surface area contributed by atoms with Crippen LogP contribution in [0.2, 0.25) is 0 Å². The van der Waals surface area contributed by atoms with Crippen molar-refractivity contribution in [2.75, 3.05) is 0 Å². The number of aromatic nitrogens is 2. The molecule has 3 N–H and O–H groups in total. The number of rotatable bonds is 5. The lowest BCUT2D eigenvalue weighted by atomic mass is 10.3. The molecule has 0 radical (unpaired) electrons. The van der Waals surface area contributed by atoms with Gasteiger partial charge in [0.2, 0.25) is 15.9 Å². The maximum Gasteiger partial charge on any atom is 0.284 e. The monoisotopic (exact) mass is 434 g/mol. The molecule has 0 aliphatic rings. The van der Waals surface area contributed by atoms with Crippen LogP contribution in [0.4, 0.5) is 5.69 Å². The number of para-hydroxylation sites is 2. The first-order valence-corrected chi connectivity index (χ1v) is 10.8. The molecule has 0 saturated carbocycles. The van der Waals surface area contributed by atoms with Crippen LogP contribution in [0.1, 0.15) is 5.56 Å². The minimum absolute atomic E-state index is 0.0109. The zero-order chi connectivity index (χ0) is 22.0. The zero-order valence-electron chi connectivity index (χ0n) is 16.2. The van der Waals surface area contributed by atoms with Crippen LogP contribution in [-0.2, 0) is 10.0 Å².